The van der Waals surface area contributed by atoms with E-state index in [4.69, 9.17) is 0 Å². The molecule has 2 rings (SSSR count). The molecule has 0 unspecified atom stereocenters. The minimum atomic E-state index is 0.00533. The Bertz CT molecular complexity index is 468. The van der Waals surface area contributed by atoms with E-state index in [0.29, 0.717) is 5.69 Å². The SMILES string of the molecule is CC(=O)c1ccc2ccccc2n1.CI. The van der Waals surface area contributed by atoms with Crippen LogP contribution in [0.25, 0.3) is 10.9 Å². The number of pyridine rings is 1. The van der Waals surface area contributed by atoms with Gasteiger partial charge in [0.1, 0.15) is 5.69 Å². The number of fused-ring (bicyclic) bond motifs is 1. The summed E-state index contributed by atoms with van der Waals surface area (Å²) in [7, 11) is 0. The van der Waals surface area contributed by atoms with E-state index >= 15 is 0 Å². The van der Waals surface area contributed by atoms with Crippen molar-refractivity contribution in [2.45, 2.75) is 6.92 Å². The molecule has 0 aliphatic heterocycles. The Labute approximate surface area is 103 Å². The van der Waals surface area contributed by atoms with Crippen molar-refractivity contribution in [2.24, 2.45) is 0 Å². The number of rotatable bonds is 1. The Morgan fingerprint density at radius 3 is 2.47 bits per heavy atom. The molecule has 0 aliphatic rings. The Balaban J connectivity index is 0.000000531. The third-order valence-electron chi connectivity index (χ3n) is 1.96. The van der Waals surface area contributed by atoms with Crippen LogP contribution in [0.3, 0.4) is 0 Å². The van der Waals surface area contributed by atoms with Crippen LogP contribution < -0.4 is 0 Å². The lowest BCUT2D eigenvalue weighted by atomic mass is 10.2. The van der Waals surface area contributed by atoms with E-state index < -0.39 is 0 Å². The maximum absolute atomic E-state index is 11.0. The molecule has 1 aromatic heterocycles. The molecule has 0 atom stereocenters. The number of hydrogen-bond acceptors (Lipinski definition) is 2. The molecule has 1 aromatic carbocycles. The number of halogens is 1. The van der Waals surface area contributed by atoms with Gasteiger partial charge in [-0.05, 0) is 17.1 Å². The van der Waals surface area contributed by atoms with Gasteiger partial charge in [-0.25, -0.2) is 4.98 Å². The predicted octanol–water partition coefficient (Wildman–Crippen LogP) is 3.49. The third kappa shape index (κ3) is 2.99. The van der Waals surface area contributed by atoms with Crippen molar-refractivity contribution in [1.29, 1.82) is 0 Å². The summed E-state index contributed by atoms with van der Waals surface area (Å²) in [5.74, 6) is 0.00533. The van der Waals surface area contributed by atoms with Gasteiger partial charge in [0.2, 0.25) is 0 Å². The molecule has 2 aromatic rings. The van der Waals surface area contributed by atoms with Crippen LogP contribution in [0.2, 0.25) is 0 Å². The van der Waals surface area contributed by atoms with E-state index in [1.54, 1.807) is 6.07 Å². The van der Waals surface area contributed by atoms with Gasteiger partial charge in [0.05, 0.1) is 5.52 Å². The zero-order valence-electron chi connectivity index (χ0n) is 8.70. The van der Waals surface area contributed by atoms with Gasteiger partial charge >= 0.3 is 0 Å². The molecule has 1 heterocycles. The summed E-state index contributed by atoms with van der Waals surface area (Å²) in [5, 5.41) is 1.06. The number of para-hydroxylation sites is 1. The highest BCUT2D eigenvalue weighted by Crippen LogP contribution is 2.11. The highest BCUT2D eigenvalue weighted by Gasteiger charge is 2.00. The minimum Gasteiger partial charge on any atom is -0.293 e. The lowest BCUT2D eigenvalue weighted by Crippen LogP contribution is -1.95. The second kappa shape index (κ2) is 5.80. The number of nitrogens with zero attached hydrogens (tertiary/aromatic N) is 1. The first-order valence-corrected chi connectivity index (χ1v) is 6.67. The first-order chi connectivity index (χ1) is 7.27. The van der Waals surface area contributed by atoms with Gasteiger partial charge in [-0.1, -0.05) is 46.9 Å². The van der Waals surface area contributed by atoms with E-state index in [1.807, 2.05) is 35.3 Å². The first kappa shape index (κ1) is 12.1. The summed E-state index contributed by atoms with van der Waals surface area (Å²) in [6.07, 6.45) is 0. The monoisotopic (exact) mass is 313 g/mol. The smallest absolute Gasteiger partial charge is 0.178 e. The summed E-state index contributed by atoms with van der Waals surface area (Å²) in [6, 6.07) is 11.4. The molecular weight excluding hydrogens is 301 g/mol. The molecule has 0 saturated carbocycles. The number of carbonyl (C=O) groups is 1. The summed E-state index contributed by atoms with van der Waals surface area (Å²) < 4.78 is 0. The Kier molecular flexibility index (Phi) is 4.68. The molecule has 0 radical (unpaired) electrons. The van der Waals surface area contributed by atoms with Crippen LogP contribution in [0.1, 0.15) is 17.4 Å². The van der Waals surface area contributed by atoms with Crippen LogP contribution in [0.15, 0.2) is 36.4 Å². The van der Waals surface area contributed by atoms with E-state index in [-0.39, 0.29) is 5.78 Å². The van der Waals surface area contributed by atoms with Gasteiger partial charge in [0.15, 0.2) is 5.78 Å². The number of benzene rings is 1. The molecule has 78 valence electrons. The third-order valence-corrected chi connectivity index (χ3v) is 1.96. The van der Waals surface area contributed by atoms with Crippen molar-refractivity contribution in [2.75, 3.05) is 4.93 Å². The summed E-state index contributed by atoms with van der Waals surface area (Å²) in [6.45, 7) is 1.52. The fourth-order valence-corrected chi connectivity index (χ4v) is 1.26. The van der Waals surface area contributed by atoms with E-state index in [9.17, 15) is 4.79 Å². The molecule has 2 nitrogen and oxygen atoms in total. The number of carbonyl (C=O) groups excluding carboxylic acids is 1. The second-order valence-corrected chi connectivity index (χ2v) is 2.95. The summed E-state index contributed by atoms with van der Waals surface area (Å²) >= 11 is 2.15. The van der Waals surface area contributed by atoms with E-state index in [2.05, 4.69) is 27.6 Å². The average Bonchev–Trinajstić information content (AvgIpc) is 2.31. The Morgan fingerprint density at radius 1 is 1.13 bits per heavy atom. The highest BCUT2D eigenvalue weighted by molar-refractivity contribution is 14.1. The fraction of sp³-hybridized carbons (Fsp3) is 0.167. The minimum absolute atomic E-state index is 0.00533. The van der Waals surface area contributed by atoms with Crippen LogP contribution >= 0.6 is 22.6 Å². The molecule has 3 heteroatoms. The van der Waals surface area contributed by atoms with Crippen molar-refractivity contribution in [3.63, 3.8) is 0 Å². The van der Waals surface area contributed by atoms with E-state index in [1.165, 1.54) is 6.92 Å². The van der Waals surface area contributed by atoms with Crippen LogP contribution in [0.4, 0.5) is 0 Å². The number of Topliss-reactive ketones (excluding diaryl/α,β-unsaturated/α-hetero) is 1. The molecule has 0 amide bonds. The fourth-order valence-electron chi connectivity index (χ4n) is 1.26. The molecule has 0 spiro atoms. The van der Waals surface area contributed by atoms with Gasteiger partial charge < -0.3 is 0 Å². The van der Waals surface area contributed by atoms with Crippen LogP contribution in [-0.4, -0.2) is 15.7 Å². The average molecular weight is 313 g/mol. The zero-order chi connectivity index (χ0) is 11.3. The van der Waals surface area contributed by atoms with Gasteiger partial charge in [-0.2, -0.15) is 0 Å². The van der Waals surface area contributed by atoms with Crippen molar-refractivity contribution in [1.82, 2.24) is 4.98 Å². The summed E-state index contributed by atoms with van der Waals surface area (Å²) in [5.41, 5.74) is 1.40. The van der Waals surface area contributed by atoms with E-state index in [0.717, 1.165) is 10.9 Å². The zero-order valence-corrected chi connectivity index (χ0v) is 10.9. The van der Waals surface area contributed by atoms with Crippen molar-refractivity contribution in [3.05, 3.63) is 42.1 Å². The highest BCUT2D eigenvalue weighted by atomic mass is 127. The number of ketones is 1. The first-order valence-electron chi connectivity index (χ1n) is 4.52. The largest absolute Gasteiger partial charge is 0.293 e. The van der Waals surface area contributed by atoms with Gasteiger partial charge in [0, 0.05) is 12.3 Å². The molecular formula is C12H12INO. The van der Waals surface area contributed by atoms with Crippen molar-refractivity contribution >= 4 is 39.3 Å². The predicted molar refractivity (Wildman–Crippen MR) is 71.7 cm³/mol. The standard InChI is InChI=1S/C11H9NO.CH3I/c1-8(13)10-7-6-9-4-2-3-5-11(9)12-10;1-2/h2-7H,1H3;1H3. The van der Waals surface area contributed by atoms with Gasteiger partial charge in [-0.15, -0.1) is 0 Å². The van der Waals surface area contributed by atoms with Gasteiger partial charge in [-0.3, -0.25) is 4.79 Å². The number of alkyl halides is 1. The molecule has 0 bridgehead atoms. The normalized spacial score (nSPS) is 9.27. The number of aromatic nitrogens is 1. The molecule has 0 fully saturated rings. The quantitative estimate of drug-likeness (QED) is 0.458. The van der Waals surface area contributed by atoms with Crippen LogP contribution in [0, 0.1) is 0 Å². The second-order valence-electron chi connectivity index (χ2n) is 2.95. The molecule has 0 N–H and O–H groups in total. The lowest BCUT2D eigenvalue weighted by Gasteiger charge is -1.98. The van der Waals surface area contributed by atoms with Gasteiger partial charge in [0.25, 0.3) is 0 Å². The maximum atomic E-state index is 11.0. The maximum Gasteiger partial charge on any atom is 0.178 e. The van der Waals surface area contributed by atoms with Crippen molar-refractivity contribution in [3.8, 4) is 0 Å². The molecule has 0 aliphatic carbocycles. The van der Waals surface area contributed by atoms with Crippen molar-refractivity contribution < 1.29 is 4.79 Å². The Morgan fingerprint density at radius 2 is 1.80 bits per heavy atom. The molecule has 0 saturated heterocycles. The van der Waals surface area contributed by atoms with Crippen LogP contribution in [0.5, 0.6) is 0 Å². The van der Waals surface area contributed by atoms with Crippen LogP contribution in [-0.2, 0) is 0 Å². The molecule has 15 heavy (non-hydrogen) atoms. The lowest BCUT2D eigenvalue weighted by molar-refractivity contribution is 0.101. The Hall–Kier alpha value is -0.970. The number of hydrogen-bond donors (Lipinski definition) is 0. The topological polar surface area (TPSA) is 30.0 Å². The summed E-state index contributed by atoms with van der Waals surface area (Å²) in [4.78, 5) is 17.2.